The highest BCUT2D eigenvalue weighted by Gasteiger charge is 2.26. The second-order valence-electron chi connectivity index (χ2n) is 6.86. The Labute approximate surface area is 188 Å². The number of hydrogen-bond acceptors (Lipinski definition) is 7. The summed E-state index contributed by atoms with van der Waals surface area (Å²) in [6.07, 6.45) is -0.0650. The number of anilines is 1. The Morgan fingerprint density at radius 2 is 1.91 bits per heavy atom. The third kappa shape index (κ3) is 4.69. The molecule has 0 spiro atoms. The molecule has 0 saturated carbocycles. The Bertz CT molecular complexity index is 1280. The lowest BCUT2D eigenvalue weighted by atomic mass is 10.0. The van der Waals surface area contributed by atoms with Gasteiger partial charge in [0.15, 0.2) is 11.5 Å². The Morgan fingerprint density at radius 3 is 2.64 bits per heavy atom. The van der Waals surface area contributed by atoms with Crippen molar-refractivity contribution in [3.05, 3.63) is 89.5 Å². The van der Waals surface area contributed by atoms with E-state index < -0.39 is 29.8 Å². The van der Waals surface area contributed by atoms with E-state index in [0.717, 1.165) is 11.6 Å². The molecule has 9 nitrogen and oxygen atoms in total. The van der Waals surface area contributed by atoms with E-state index in [-0.39, 0.29) is 11.4 Å². The molecule has 0 saturated heterocycles. The second-order valence-corrected chi connectivity index (χ2v) is 6.86. The van der Waals surface area contributed by atoms with Gasteiger partial charge in [-0.2, -0.15) is 4.99 Å². The zero-order chi connectivity index (χ0) is 23.4. The van der Waals surface area contributed by atoms with E-state index >= 15 is 0 Å². The molecule has 1 aliphatic rings. The minimum absolute atomic E-state index is 0.183. The van der Waals surface area contributed by atoms with Crippen molar-refractivity contribution < 1.29 is 18.7 Å². The van der Waals surface area contributed by atoms with E-state index in [0.29, 0.717) is 17.0 Å². The molecule has 3 aromatic rings. The van der Waals surface area contributed by atoms with E-state index in [2.05, 4.69) is 20.3 Å². The topological polar surface area (TPSA) is 135 Å². The number of nitrogens with one attached hydrogen (secondary N) is 2. The molecule has 1 amide bonds. The first kappa shape index (κ1) is 21.6. The fourth-order valence-electron chi connectivity index (χ4n) is 3.16. The van der Waals surface area contributed by atoms with Gasteiger partial charge < -0.3 is 20.5 Å². The Morgan fingerprint density at radius 1 is 1.18 bits per heavy atom. The first-order valence-electron chi connectivity index (χ1n) is 9.79. The smallest absolute Gasteiger partial charge is 0.291 e. The van der Waals surface area contributed by atoms with E-state index in [9.17, 15) is 9.18 Å². The normalized spacial score (nSPS) is 15.6. The average molecular weight is 446 g/mol. The number of benzene rings is 2. The summed E-state index contributed by atoms with van der Waals surface area (Å²) >= 11 is 0. The number of pyridine rings is 1. The fourth-order valence-corrected chi connectivity index (χ4v) is 3.16. The molecule has 0 bridgehead atoms. The van der Waals surface area contributed by atoms with Gasteiger partial charge in [0.25, 0.3) is 11.9 Å². The van der Waals surface area contributed by atoms with Gasteiger partial charge in [0.2, 0.25) is 12.1 Å². The maximum Gasteiger partial charge on any atom is 0.291 e. The van der Waals surface area contributed by atoms with Crippen LogP contribution in [-0.4, -0.2) is 41.8 Å². The molecule has 0 radical (unpaired) electrons. The van der Waals surface area contributed by atoms with Crippen molar-refractivity contribution >= 4 is 29.2 Å². The molecule has 4 rings (SSSR count). The number of aromatic nitrogens is 1. The summed E-state index contributed by atoms with van der Waals surface area (Å²) in [7, 11) is 1.36. The van der Waals surface area contributed by atoms with Crippen LogP contribution in [0.2, 0.25) is 0 Å². The van der Waals surface area contributed by atoms with Crippen molar-refractivity contribution in [1.29, 1.82) is 5.41 Å². The number of fused-ring (bicyclic) bond motifs is 1. The Kier molecular flexibility index (Phi) is 6.07. The lowest BCUT2D eigenvalue weighted by molar-refractivity contribution is -0.117. The fraction of sp³-hybridized carbons (Fsp3) is 0.0870. The van der Waals surface area contributed by atoms with Crippen molar-refractivity contribution in [3.8, 4) is 5.75 Å². The number of amidine groups is 1. The monoisotopic (exact) mass is 446 g/mol. The third-order valence-electron chi connectivity index (χ3n) is 4.70. The summed E-state index contributed by atoms with van der Waals surface area (Å²) in [6.45, 7) is 0. The summed E-state index contributed by atoms with van der Waals surface area (Å²) in [5.41, 5.74) is 8.02. The van der Waals surface area contributed by atoms with E-state index in [1.54, 1.807) is 12.1 Å². The van der Waals surface area contributed by atoms with Gasteiger partial charge in [-0.3, -0.25) is 10.2 Å². The summed E-state index contributed by atoms with van der Waals surface area (Å²) < 4.78 is 24.2. The first-order valence-corrected chi connectivity index (χ1v) is 9.79. The van der Waals surface area contributed by atoms with Crippen LogP contribution in [0.15, 0.2) is 76.8 Å². The maximum atomic E-state index is 14.2. The number of aliphatic imine (C=N–C) groups is 2. The van der Waals surface area contributed by atoms with Gasteiger partial charge >= 0.3 is 0 Å². The molecule has 10 heteroatoms. The van der Waals surface area contributed by atoms with Crippen LogP contribution in [0.5, 0.6) is 5.75 Å². The lowest BCUT2D eigenvalue weighted by Gasteiger charge is -2.10. The number of nitrogens with two attached hydrogens (primary N) is 1. The summed E-state index contributed by atoms with van der Waals surface area (Å²) in [4.78, 5) is 25.1. The van der Waals surface area contributed by atoms with Gasteiger partial charge in [-0.1, -0.05) is 48.5 Å². The van der Waals surface area contributed by atoms with Crippen LogP contribution in [0.3, 0.4) is 0 Å². The number of nitrogens with zero attached hydrogens (tertiary/aromatic N) is 3. The molecule has 1 aromatic heterocycles. The molecule has 2 aromatic carbocycles. The number of methoxy groups -OCH3 is 1. The SMILES string of the molecule is COc1cnc(C(=N)OC(N)=NC2N=C(c3ccccc3)c3ccccc3NC2=O)c(F)c1. The predicted octanol–water partition coefficient (Wildman–Crippen LogP) is 2.70. The Hall–Kier alpha value is -4.60. The number of rotatable bonds is 4. The lowest BCUT2D eigenvalue weighted by Crippen LogP contribution is -2.29. The minimum Gasteiger partial charge on any atom is -0.495 e. The van der Waals surface area contributed by atoms with Crippen molar-refractivity contribution in [3.63, 3.8) is 0 Å². The highest BCUT2D eigenvalue weighted by atomic mass is 19.1. The number of para-hydroxylation sites is 1. The molecule has 0 aliphatic carbocycles. The van der Waals surface area contributed by atoms with E-state index in [4.69, 9.17) is 20.6 Å². The highest BCUT2D eigenvalue weighted by molar-refractivity contribution is 6.19. The van der Waals surface area contributed by atoms with Crippen molar-refractivity contribution in [2.75, 3.05) is 12.4 Å². The maximum absolute atomic E-state index is 14.2. The van der Waals surface area contributed by atoms with Crippen LogP contribution >= 0.6 is 0 Å². The zero-order valence-corrected chi connectivity index (χ0v) is 17.4. The van der Waals surface area contributed by atoms with Crippen molar-refractivity contribution in [1.82, 2.24) is 4.98 Å². The highest BCUT2D eigenvalue weighted by Crippen LogP contribution is 2.24. The minimum atomic E-state index is -1.30. The van der Waals surface area contributed by atoms with Gasteiger partial charge in [0, 0.05) is 17.2 Å². The third-order valence-corrected chi connectivity index (χ3v) is 4.70. The number of halogens is 1. The van der Waals surface area contributed by atoms with Crippen LogP contribution in [0.1, 0.15) is 16.8 Å². The molecule has 1 aliphatic heterocycles. The van der Waals surface area contributed by atoms with Crippen LogP contribution in [0, 0.1) is 11.2 Å². The zero-order valence-electron chi connectivity index (χ0n) is 17.4. The molecule has 33 heavy (non-hydrogen) atoms. The number of ether oxygens (including phenoxy) is 2. The summed E-state index contributed by atoms with van der Waals surface area (Å²) in [6, 6.07) is 17.0. The largest absolute Gasteiger partial charge is 0.495 e. The molecular formula is C23H19FN6O3. The number of carbonyl (C=O) groups is 1. The molecule has 4 N–H and O–H groups in total. The Balaban J connectivity index is 1.65. The van der Waals surface area contributed by atoms with Gasteiger partial charge in [-0.15, -0.1) is 0 Å². The number of benzodiazepines with no additional fused rings is 1. The molecule has 0 fully saturated rings. The van der Waals surface area contributed by atoms with Gasteiger partial charge in [0.1, 0.15) is 5.75 Å². The molecular weight excluding hydrogens is 427 g/mol. The quantitative estimate of drug-likeness (QED) is 0.418. The number of hydrogen-bond donors (Lipinski definition) is 3. The average Bonchev–Trinajstić information content (AvgIpc) is 2.95. The van der Waals surface area contributed by atoms with Gasteiger partial charge in [-0.05, 0) is 6.07 Å². The summed E-state index contributed by atoms with van der Waals surface area (Å²) in [5, 5.41) is 10.7. The molecule has 1 unspecified atom stereocenters. The first-order chi connectivity index (χ1) is 16.0. The molecule has 2 heterocycles. The van der Waals surface area contributed by atoms with Crippen molar-refractivity contribution in [2.45, 2.75) is 6.17 Å². The molecule has 166 valence electrons. The van der Waals surface area contributed by atoms with E-state index in [1.807, 2.05) is 42.5 Å². The van der Waals surface area contributed by atoms with E-state index in [1.165, 1.54) is 13.3 Å². The second kappa shape index (κ2) is 9.27. The van der Waals surface area contributed by atoms with Crippen LogP contribution in [0.4, 0.5) is 10.1 Å². The predicted molar refractivity (Wildman–Crippen MR) is 121 cm³/mol. The van der Waals surface area contributed by atoms with Gasteiger partial charge in [0.05, 0.1) is 24.7 Å². The molecule has 1 atom stereocenters. The van der Waals surface area contributed by atoms with Crippen LogP contribution in [-0.2, 0) is 9.53 Å². The van der Waals surface area contributed by atoms with Crippen molar-refractivity contribution in [2.24, 2.45) is 15.7 Å². The summed E-state index contributed by atoms with van der Waals surface area (Å²) in [5.74, 6) is -1.87. The van der Waals surface area contributed by atoms with Crippen LogP contribution in [0.25, 0.3) is 0 Å². The number of carbonyl (C=O) groups excluding carboxylic acids is 1. The standard InChI is InChI=1S/C23H19FN6O3/c1-32-14-11-16(24)19(27-12-14)20(25)33-23(26)30-21-22(31)28-17-10-6-5-9-15(17)18(29-21)13-7-3-2-4-8-13/h2-12,21,25H,1H3,(H2,26,30)(H,28,31). The number of amides is 1. The van der Waals surface area contributed by atoms with Crippen LogP contribution < -0.4 is 15.8 Å². The van der Waals surface area contributed by atoms with Gasteiger partial charge in [-0.25, -0.2) is 14.4 Å².